The Bertz CT molecular complexity index is 1200. The number of Topliss-reactive ketones (excluding diaryl/α,β-unsaturated/α-hetero) is 1. The first-order valence-corrected chi connectivity index (χ1v) is 13.6. The first-order chi connectivity index (χ1) is 18.7. The summed E-state index contributed by atoms with van der Waals surface area (Å²) >= 11 is 0. The van der Waals surface area contributed by atoms with Crippen molar-refractivity contribution in [1.29, 1.82) is 0 Å². The lowest BCUT2D eigenvalue weighted by Gasteiger charge is -2.28. The topological polar surface area (TPSA) is 88.5 Å². The summed E-state index contributed by atoms with van der Waals surface area (Å²) in [4.78, 5) is 30.6. The van der Waals surface area contributed by atoms with E-state index in [4.69, 9.17) is 14.2 Å². The van der Waals surface area contributed by atoms with E-state index < -0.39 is 17.7 Å². The van der Waals surface area contributed by atoms with Crippen LogP contribution >= 0.6 is 0 Å². The van der Waals surface area contributed by atoms with E-state index in [1.54, 1.807) is 49.5 Å². The van der Waals surface area contributed by atoms with Crippen LogP contribution in [-0.2, 0) is 9.59 Å². The standard InChI is InChI=1S/C31H42N2O6/c1-8-32(9-2)15-16-33-28(22-10-13-25(26(19-22)38-7)39-17-14-20(3)4)27(30(35)31(33)36)29(34)24-12-11-23(37-6)18-21(24)5/h10-13,18-20,28,34H,8-9,14-17H2,1-7H3. The average Bonchev–Trinajstić information content (AvgIpc) is 3.18. The molecule has 212 valence electrons. The van der Waals surface area contributed by atoms with Gasteiger partial charge in [-0.1, -0.05) is 33.8 Å². The number of ether oxygens (including phenoxy) is 3. The molecule has 0 spiro atoms. The molecule has 1 N–H and O–H groups in total. The number of aliphatic hydroxyl groups excluding tert-OH is 1. The minimum Gasteiger partial charge on any atom is -0.507 e. The van der Waals surface area contributed by atoms with Crippen LogP contribution in [-0.4, -0.2) is 73.6 Å². The van der Waals surface area contributed by atoms with Crippen LogP contribution in [0.5, 0.6) is 17.2 Å². The fourth-order valence-corrected chi connectivity index (χ4v) is 4.80. The largest absolute Gasteiger partial charge is 0.507 e. The van der Waals surface area contributed by atoms with Gasteiger partial charge < -0.3 is 29.1 Å². The van der Waals surface area contributed by atoms with Gasteiger partial charge in [0.05, 0.1) is 32.4 Å². The van der Waals surface area contributed by atoms with Gasteiger partial charge in [-0.25, -0.2) is 0 Å². The highest BCUT2D eigenvalue weighted by Crippen LogP contribution is 2.42. The molecule has 1 aliphatic rings. The number of methoxy groups -OCH3 is 2. The minimum absolute atomic E-state index is 0.0587. The number of hydrogen-bond acceptors (Lipinski definition) is 7. The van der Waals surface area contributed by atoms with Gasteiger partial charge in [0.25, 0.3) is 11.7 Å². The molecular weight excluding hydrogens is 496 g/mol. The summed E-state index contributed by atoms with van der Waals surface area (Å²) in [6, 6.07) is 9.86. The van der Waals surface area contributed by atoms with Crippen LogP contribution in [0.4, 0.5) is 0 Å². The summed E-state index contributed by atoms with van der Waals surface area (Å²) < 4.78 is 16.9. The number of rotatable bonds is 13. The van der Waals surface area contributed by atoms with Gasteiger partial charge in [-0.05, 0) is 73.8 Å². The second-order valence-electron chi connectivity index (χ2n) is 10.1. The lowest BCUT2D eigenvalue weighted by molar-refractivity contribution is -0.140. The molecule has 2 aromatic rings. The lowest BCUT2D eigenvalue weighted by Crippen LogP contribution is -2.38. The number of carbonyl (C=O) groups excluding carboxylic acids is 2. The van der Waals surface area contributed by atoms with Crippen LogP contribution < -0.4 is 14.2 Å². The number of likely N-dealkylation sites (tertiary alicyclic amines) is 1. The number of aliphatic hydroxyl groups is 1. The quantitative estimate of drug-likeness (QED) is 0.213. The van der Waals surface area contributed by atoms with E-state index in [9.17, 15) is 14.7 Å². The van der Waals surface area contributed by atoms with Crippen molar-refractivity contribution in [3.8, 4) is 17.2 Å². The first-order valence-electron chi connectivity index (χ1n) is 13.6. The molecule has 1 aliphatic heterocycles. The van der Waals surface area contributed by atoms with E-state index in [2.05, 4.69) is 32.6 Å². The van der Waals surface area contributed by atoms with Gasteiger partial charge in [0.2, 0.25) is 0 Å². The van der Waals surface area contributed by atoms with Crippen molar-refractivity contribution >= 4 is 17.4 Å². The van der Waals surface area contributed by atoms with Gasteiger partial charge in [-0.3, -0.25) is 9.59 Å². The number of hydrogen-bond donors (Lipinski definition) is 1. The number of benzene rings is 2. The summed E-state index contributed by atoms with van der Waals surface area (Å²) in [5.41, 5.74) is 1.92. The van der Waals surface area contributed by atoms with E-state index in [1.807, 2.05) is 13.0 Å². The smallest absolute Gasteiger partial charge is 0.295 e. The number of aryl methyl sites for hydroxylation is 1. The molecule has 0 bridgehead atoms. The van der Waals surface area contributed by atoms with Gasteiger partial charge in [-0.15, -0.1) is 0 Å². The summed E-state index contributed by atoms with van der Waals surface area (Å²) in [5, 5.41) is 11.5. The maximum Gasteiger partial charge on any atom is 0.295 e. The third-order valence-electron chi connectivity index (χ3n) is 7.24. The van der Waals surface area contributed by atoms with Crippen molar-refractivity contribution in [3.63, 3.8) is 0 Å². The number of likely N-dealkylation sites (N-methyl/N-ethyl adjacent to an activating group) is 1. The minimum atomic E-state index is -0.777. The van der Waals surface area contributed by atoms with Crippen LogP contribution in [0, 0.1) is 12.8 Å². The molecule has 1 amide bonds. The Morgan fingerprint density at radius 3 is 2.33 bits per heavy atom. The van der Waals surface area contributed by atoms with E-state index >= 15 is 0 Å². The molecule has 8 heteroatoms. The van der Waals surface area contributed by atoms with Gasteiger partial charge in [-0.2, -0.15) is 0 Å². The Morgan fingerprint density at radius 2 is 1.74 bits per heavy atom. The van der Waals surface area contributed by atoms with Gasteiger partial charge >= 0.3 is 0 Å². The van der Waals surface area contributed by atoms with Crippen molar-refractivity contribution < 1.29 is 28.9 Å². The lowest BCUT2D eigenvalue weighted by atomic mass is 9.93. The van der Waals surface area contributed by atoms with Gasteiger partial charge in [0.1, 0.15) is 11.5 Å². The summed E-state index contributed by atoms with van der Waals surface area (Å²) in [6.07, 6.45) is 0.900. The van der Waals surface area contributed by atoms with Crippen molar-refractivity contribution in [2.24, 2.45) is 5.92 Å². The molecule has 0 aliphatic carbocycles. The highest BCUT2D eigenvalue weighted by Gasteiger charge is 2.46. The Balaban J connectivity index is 2.12. The normalized spacial score (nSPS) is 16.8. The molecule has 0 aromatic heterocycles. The van der Waals surface area contributed by atoms with E-state index in [0.29, 0.717) is 54.0 Å². The van der Waals surface area contributed by atoms with Gasteiger partial charge in [0, 0.05) is 18.7 Å². The van der Waals surface area contributed by atoms with Crippen molar-refractivity contribution in [1.82, 2.24) is 9.80 Å². The Kier molecular flexibility index (Phi) is 10.4. The summed E-state index contributed by atoms with van der Waals surface area (Å²) in [7, 11) is 3.13. The van der Waals surface area contributed by atoms with Crippen molar-refractivity contribution in [3.05, 3.63) is 58.7 Å². The zero-order valence-electron chi connectivity index (χ0n) is 24.2. The Morgan fingerprint density at radius 1 is 1.03 bits per heavy atom. The number of carbonyl (C=O) groups is 2. The Labute approximate surface area is 232 Å². The van der Waals surface area contributed by atoms with Crippen LogP contribution in [0.1, 0.15) is 56.8 Å². The average molecular weight is 539 g/mol. The van der Waals surface area contributed by atoms with Crippen LogP contribution in [0.25, 0.3) is 5.76 Å². The molecule has 1 heterocycles. The zero-order valence-corrected chi connectivity index (χ0v) is 24.2. The molecule has 1 atom stereocenters. The molecule has 1 unspecified atom stereocenters. The molecule has 0 saturated carbocycles. The molecule has 1 saturated heterocycles. The monoisotopic (exact) mass is 538 g/mol. The predicted octanol–water partition coefficient (Wildman–Crippen LogP) is 5.20. The first kappa shape index (κ1) is 30.0. The second-order valence-corrected chi connectivity index (χ2v) is 10.1. The molecule has 0 radical (unpaired) electrons. The predicted molar refractivity (Wildman–Crippen MR) is 152 cm³/mol. The molecule has 1 fully saturated rings. The third kappa shape index (κ3) is 6.74. The number of amides is 1. The van der Waals surface area contributed by atoms with E-state index in [0.717, 1.165) is 25.1 Å². The highest BCUT2D eigenvalue weighted by molar-refractivity contribution is 6.46. The molecule has 3 rings (SSSR count). The highest BCUT2D eigenvalue weighted by atomic mass is 16.5. The number of ketones is 1. The van der Waals surface area contributed by atoms with Crippen LogP contribution in [0.3, 0.4) is 0 Å². The molecular formula is C31H42N2O6. The van der Waals surface area contributed by atoms with Gasteiger partial charge in [0.15, 0.2) is 11.5 Å². The fraction of sp³-hybridized carbons (Fsp3) is 0.484. The molecule has 39 heavy (non-hydrogen) atoms. The molecule has 8 nitrogen and oxygen atoms in total. The van der Waals surface area contributed by atoms with Crippen LogP contribution in [0.15, 0.2) is 42.0 Å². The van der Waals surface area contributed by atoms with Crippen molar-refractivity contribution in [2.45, 2.75) is 47.1 Å². The van der Waals surface area contributed by atoms with E-state index in [1.165, 1.54) is 0 Å². The number of nitrogens with zero attached hydrogens (tertiary/aromatic N) is 2. The Hall–Kier alpha value is -3.52. The fourth-order valence-electron chi connectivity index (χ4n) is 4.80. The SMILES string of the molecule is CCN(CC)CCN1C(=O)C(=O)C(=C(O)c2ccc(OC)cc2C)C1c1ccc(OCCC(C)C)c(OC)c1. The maximum atomic E-state index is 13.5. The summed E-state index contributed by atoms with van der Waals surface area (Å²) in [6.45, 7) is 13.4. The second kappa shape index (κ2) is 13.5. The third-order valence-corrected chi connectivity index (χ3v) is 7.24. The molecule has 2 aromatic carbocycles. The zero-order chi connectivity index (χ0) is 28.7. The maximum absolute atomic E-state index is 13.5. The van der Waals surface area contributed by atoms with Crippen LogP contribution in [0.2, 0.25) is 0 Å². The van der Waals surface area contributed by atoms with Crippen molar-refractivity contribution in [2.75, 3.05) is 47.0 Å². The van der Waals surface area contributed by atoms with E-state index in [-0.39, 0.29) is 11.3 Å². The summed E-state index contributed by atoms with van der Waals surface area (Å²) in [5.74, 6) is 0.694.